The molecule has 1 saturated heterocycles. The maximum Gasteiger partial charge on any atom is 0.220 e. The average molecular weight is 932 g/mol. The summed E-state index contributed by atoms with van der Waals surface area (Å²) in [5.74, 6) is -6.25. The SMILES string of the molecule is C/C1=C2N=C(/C=C3\N/C(=C(/C)C4=N[C@@](C)(C5N=C1[C@](C)(CCC(=O)NC[C@@H](C)O)[C@H]5CC(N)=O)[C@@](C)(CC(N)=O)[C@@H]4CCC(N)=O)[C@@](C)(CC(N)=O)[C@@H]3CCC(N)=O)C(C)(C)[C@@H]/2CCC(N)=O. The number of rotatable bonds is 20. The molecule has 1 unspecified atom stereocenters. The largest absolute Gasteiger partial charge is 0.392 e. The van der Waals surface area contributed by atoms with E-state index in [1.807, 2.05) is 61.5 Å². The fraction of sp³-hybridized carbons (Fsp3) is 0.667. The quantitative estimate of drug-likeness (QED) is 0.0857. The fourth-order valence-corrected chi connectivity index (χ4v) is 12.3. The summed E-state index contributed by atoms with van der Waals surface area (Å²) < 4.78 is 0. The van der Waals surface area contributed by atoms with Gasteiger partial charge in [0.2, 0.25) is 41.4 Å². The molecule has 0 aromatic heterocycles. The predicted molar refractivity (Wildman–Crippen MR) is 254 cm³/mol. The van der Waals surface area contributed by atoms with Gasteiger partial charge in [0.15, 0.2) is 0 Å². The van der Waals surface area contributed by atoms with Crippen molar-refractivity contribution in [2.24, 2.45) is 94.7 Å². The van der Waals surface area contributed by atoms with Crippen LogP contribution in [0, 0.1) is 45.3 Å². The van der Waals surface area contributed by atoms with Gasteiger partial charge < -0.3 is 50.1 Å². The minimum Gasteiger partial charge on any atom is -0.392 e. The van der Waals surface area contributed by atoms with Crippen molar-refractivity contribution in [3.63, 3.8) is 0 Å². The summed E-state index contributed by atoms with van der Waals surface area (Å²) in [6, 6.07) is -0.913. The van der Waals surface area contributed by atoms with Crippen molar-refractivity contribution in [2.75, 3.05) is 6.54 Å². The molecule has 0 radical (unpaired) electrons. The topological polar surface area (TPSA) is 357 Å². The first-order valence-electron chi connectivity index (χ1n) is 23.3. The van der Waals surface area contributed by atoms with E-state index >= 15 is 0 Å². The molecule has 5 aliphatic heterocycles. The second kappa shape index (κ2) is 19.1. The number of carbonyl (C=O) groups is 7. The van der Waals surface area contributed by atoms with Crippen LogP contribution in [0.25, 0.3) is 0 Å². The molecular weight excluding hydrogens is 859 g/mol. The van der Waals surface area contributed by atoms with Gasteiger partial charge in [-0.3, -0.25) is 48.5 Å². The van der Waals surface area contributed by atoms with Crippen LogP contribution in [0.3, 0.4) is 0 Å². The highest BCUT2D eigenvalue weighted by Gasteiger charge is 2.66. The highest BCUT2D eigenvalue weighted by molar-refractivity contribution is 6.10. The van der Waals surface area contributed by atoms with Crippen LogP contribution in [-0.4, -0.2) is 87.8 Å². The number of fused-ring (bicyclic) bond motifs is 6. The van der Waals surface area contributed by atoms with Crippen LogP contribution < -0.4 is 45.0 Å². The number of nitrogens with two attached hydrogens (primary N) is 6. The van der Waals surface area contributed by atoms with Gasteiger partial charge in [-0.2, -0.15) is 0 Å². The van der Waals surface area contributed by atoms with Crippen molar-refractivity contribution in [3.8, 4) is 0 Å². The number of primary amides is 6. The van der Waals surface area contributed by atoms with Crippen molar-refractivity contribution in [2.45, 2.75) is 151 Å². The van der Waals surface area contributed by atoms with E-state index in [9.17, 15) is 38.7 Å². The van der Waals surface area contributed by atoms with E-state index in [1.54, 1.807) is 6.92 Å². The van der Waals surface area contributed by atoms with Crippen LogP contribution in [0.5, 0.6) is 0 Å². The van der Waals surface area contributed by atoms with Crippen molar-refractivity contribution in [3.05, 3.63) is 34.3 Å². The van der Waals surface area contributed by atoms with Gasteiger partial charge in [-0.05, 0) is 70.6 Å². The van der Waals surface area contributed by atoms with Crippen LogP contribution in [0.4, 0.5) is 0 Å². The average Bonchev–Trinajstić information content (AvgIpc) is 3.80. The zero-order valence-corrected chi connectivity index (χ0v) is 40.6. The Morgan fingerprint density at radius 3 is 1.81 bits per heavy atom. The summed E-state index contributed by atoms with van der Waals surface area (Å²) >= 11 is 0. The summed E-state index contributed by atoms with van der Waals surface area (Å²) in [6.45, 7) is 16.9. The maximum absolute atomic E-state index is 13.5. The molecule has 5 heterocycles. The first-order valence-corrected chi connectivity index (χ1v) is 23.3. The molecule has 5 rings (SSSR count). The first kappa shape index (κ1) is 52.3. The molecule has 0 aliphatic carbocycles. The molecule has 8 bridgehead atoms. The minimum atomic E-state index is -1.39. The Morgan fingerprint density at radius 2 is 1.28 bits per heavy atom. The molecule has 0 aromatic carbocycles. The van der Waals surface area contributed by atoms with Crippen LogP contribution in [-0.2, 0) is 33.6 Å². The Balaban J connectivity index is 2.00. The molecular formula is C48H73N11O8. The van der Waals surface area contributed by atoms with E-state index in [0.29, 0.717) is 51.8 Å². The summed E-state index contributed by atoms with van der Waals surface area (Å²) in [6.07, 6.45) is 1.23. The molecule has 10 atom stereocenters. The van der Waals surface area contributed by atoms with Gasteiger partial charge in [0.05, 0.1) is 17.7 Å². The van der Waals surface area contributed by atoms with Crippen LogP contribution >= 0.6 is 0 Å². The normalized spacial score (nSPS) is 35.2. The Labute approximate surface area is 393 Å². The molecule has 1 fully saturated rings. The van der Waals surface area contributed by atoms with Crippen molar-refractivity contribution < 1.29 is 38.7 Å². The van der Waals surface area contributed by atoms with Gasteiger partial charge in [0, 0.05) is 131 Å². The van der Waals surface area contributed by atoms with E-state index in [1.165, 1.54) is 0 Å². The Hall–Kier alpha value is -5.72. The highest BCUT2D eigenvalue weighted by atomic mass is 16.3. The molecule has 5 aliphatic rings. The molecule has 19 heteroatoms. The van der Waals surface area contributed by atoms with Crippen molar-refractivity contribution in [1.29, 1.82) is 0 Å². The predicted octanol–water partition coefficient (Wildman–Crippen LogP) is 1.74. The number of allylic oxidation sites excluding steroid dienone is 6. The van der Waals surface area contributed by atoms with Gasteiger partial charge in [-0.15, -0.1) is 0 Å². The highest BCUT2D eigenvalue weighted by Crippen LogP contribution is 2.62. The fourth-order valence-electron chi connectivity index (χ4n) is 12.3. The smallest absolute Gasteiger partial charge is 0.220 e. The van der Waals surface area contributed by atoms with E-state index in [4.69, 9.17) is 49.4 Å². The second-order valence-corrected chi connectivity index (χ2v) is 21.2. The van der Waals surface area contributed by atoms with Crippen LogP contribution in [0.1, 0.15) is 133 Å². The van der Waals surface area contributed by atoms with Gasteiger partial charge in [-0.25, -0.2) is 0 Å². The number of hydrogen-bond acceptors (Lipinski definition) is 12. The molecule has 0 spiro atoms. The van der Waals surface area contributed by atoms with Gasteiger partial charge in [0.25, 0.3) is 0 Å². The molecule has 19 nitrogen and oxygen atoms in total. The number of aliphatic hydroxyl groups is 1. The summed E-state index contributed by atoms with van der Waals surface area (Å²) in [5, 5.41) is 16.4. The summed E-state index contributed by atoms with van der Waals surface area (Å²) in [4.78, 5) is 108. The Kier molecular flexibility index (Phi) is 14.9. The lowest BCUT2D eigenvalue weighted by atomic mass is 9.55. The molecule has 7 amide bonds. The Morgan fingerprint density at radius 1 is 0.731 bits per heavy atom. The van der Waals surface area contributed by atoms with Crippen molar-refractivity contribution >= 4 is 58.5 Å². The van der Waals surface area contributed by atoms with E-state index in [-0.39, 0.29) is 76.7 Å². The number of nitrogens with one attached hydrogen (secondary N) is 2. The lowest BCUT2D eigenvalue weighted by molar-refractivity contribution is -0.124. The lowest BCUT2D eigenvalue weighted by Gasteiger charge is -2.48. The number of nitrogens with zero attached hydrogens (tertiary/aromatic N) is 3. The molecule has 0 saturated carbocycles. The number of carbonyl (C=O) groups excluding carboxylic acids is 7. The number of hydrogen-bond donors (Lipinski definition) is 9. The van der Waals surface area contributed by atoms with Crippen LogP contribution in [0.15, 0.2) is 49.3 Å². The second-order valence-electron chi connectivity index (χ2n) is 21.2. The van der Waals surface area contributed by atoms with E-state index in [0.717, 1.165) is 0 Å². The van der Waals surface area contributed by atoms with Crippen molar-refractivity contribution in [1.82, 2.24) is 10.6 Å². The molecule has 67 heavy (non-hydrogen) atoms. The maximum atomic E-state index is 13.5. The third-order valence-electron chi connectivity index (χ3n) is 16.1. The first-order chi connectivity index (χ1) is 30.9. The number of aliphatic hydroxyl groups excluding tert-OH is 1. The third kappa shape index (κ3) is 9.84. The van der Waals surface area contributed by atoms with Gasteiger partial charge in [0.1, 0.15) is 0 Å². The summed E-state index contributed by atoms with van der Waals surface area (Å²) in [7, 11) is 0. The third-order valence-corrected chi connectivity index (χ3v) is 16.1. The summed E-state index contributed by atoms with van der Waals surface area (Å²) in [5.41, 5.74) is 34.9. The van der Waals surface area contributed by atoms with Gasteiger partial charge in [-0.1, -0.05) is 34.6 Å². The monoisotopic (exact) mass is 932 g/mol. The van der Waals surface area contributed by atoms with E-state index < -0.39 is 98.5 Å². The molecule has 0 aromatic rings. The zero-order valence-electron chi connectivity index (χ0n) is 40.6. The lowest BCUT2D eigenvalue weighted by Crippen LogP contribution is -2.56. The van der Waals surface area contributed by atoms with Crippen LogP contribution in [0.2, 0.25) is 0 Å². The minimum absolute atomic E-state index is 0.0237. The molecule has 368 valence electrons. The molecule has 15 N–H and O–H groups in total. The van der Waals surface area contributed by atoms with E-state index in [2.05, 4.69) is 10.6 Å². The number of amides is 7. The Bertz CT molecular complexity index is 2310. The van der Waals surface area contributed by atoms with Gasteiger partial charge >= 0.3 is 0 Å². The number of aliphatic imine (C=N–C) groups is 3. The zero-order chi connectivity index (χ0) is 50.4. The standard InChI is InChI=1S/C48H73N11O8/c1-23(60)22-55-38(67)16-17-45(6)29(18-35(52)64)43-48(9)47(8,21-37(54)66)28(12-15-34(51)63)40(59-48)25(3)42-46(7,20-36(53)65)26(10-13-32(49)61)30(56-42)19-31-44(4,5)27(11-14-33(50)62)39(57-31)24(2)41(45)58-43/h19,23,26-29,43,56,60H,10-18,20-22H2,1-9H3,(H2,49,61)(H2,50,62)(H2,51,63)(H2,52,64)(H2,53,65)(H2,54,66)(H,55,67)/b30-19-,39-24-,42-25-/t23-,26-,27-,28-,29+,43?,45-,46+,47+,48+/m1/s1.